The van der Waals surface area contributed by atoms with Crippen molar-refractivity contribution in [3.63, 3.8) is 0 Å². The second-order valence-electron chi connectivity index (χ2n) is 4.24. The van der Waals surface area contributed by atoms with Gasteiger partial charge in [0, 0.05) is 18.5 Å². The Hall–Kier alpha value is 0.240. The van der Waals surface area contributed by atoms with Gasteiger partial charge >= 0.3 is 0 Å². The van der Waals surface area contributed by atoms with Gasteiger partial charge in [0.05, 0.1) is 4.34 Å². The largest absolute Gasteiger partial charge is 0.299 e. The Kier molecular flexibility index (Phi) is 3.94. The van der Waals surface area contributed by atoms with Crippen LogP contribution in [-0.2, 0) is 6.54 Å². The van der Waals surface area contributed by atoms with Gasteiger partial charge in [-0.05, 0) is 35.9 Å². The van der Waals surface area contributed by atoms with Gasteiger partial charge in [-0.15, -0.1) is 22.9 Å². The second-order valence-corrected chi connectivity index (χ2v) is 6.32. The number of halogens is 2. The van der Waals surface area contributed by atoms with Crippen molar-refractivity contribution in [1.82, 2.24) is 4.90 Å². The lowest BCUT2D eigenvalue weighted by atomic mass is 9.99. The topological polar surface area (TPSA) is 3.24 Å². The molecule has 0 aromatic carbocycles. The summed E-state index contributed by atoms with van der Waals surface area (Å²) in [5, 5.41) is 2.40. The molecule has 4 heteroatoms. The van der Waals surface area contributed by atoms with Gasteiger partial charge in [-0.1, -0.05) is 18.5 Å². The zero-order chi connectivity index (χ0) is 10.8. The zero-order valence-corrected chi connectivity index (χ0v) is 11.1. The molecule has 1 aromatic rings. The van der Waals surface area contributed by atoms with E-state index in [1.807, 2.05) is 0 Å². The molecule has 1 saturated heterocycles. The minimum absolute atomic E-state index is 0.346. The molecule has 0 amide bonds. The molecule has 2 rings (SSSR count). The number of alkyl halides is 1. The van der Waals surface area contributed by atoms with Gasteiger partial charge in [0.15, 0.2) is 0 Å². The van der Waals surface area contributed by atoms with E-state index in [9.17, 15) is 0 Å². The molecule has 84 valence electrons. The first kappa shape index (κ1) is 11.7. The monoisotopic (exact) mass is 263 g/mol. The van der Waals surface area contributed by atoms with Crippen molar-refractivity contribution >= 4 is 34.5 Å². The van der Waals surface area contributed by atoms with Crippen LogP contribution in [0, 0.1) is 5.92 Å². The van der Waals surface area contributed by atoms with Crippen LogP contribution in [0.15, 0.2) is 11.4 Å². The molecule has 0 spiro atoms. The lowest BCUT2D eigenvalue weighted by Crippen LogP contribution is -2.39. The molecular formula is C11H15Cl2NS. The van der Waals surface area contributed by atoms with Crippen molar-refractivity contribution in [3.05, 3.63) is 21.3 Å². The van der Waals surface area contributed by atoms with Crippen LogP contribution in [0.3, 0.4) is 0 Å². The Morgan fingerprint density at radius 2 is 2.40 bits per heavy atom. The molecule has 1 aliphatic rings. The second kappa shape index (κ2) is 5.05. The first-order valence-electron chi connectivity index (χ1n) is 5.25. The number of rotatable bonds is 2. The van der Waals surface area contributed by atoms with Crippen LogP contribution in [0.4, 0.5) is 0 Å². The summed E-state index contributed by atoms with van der Waals surface area (Å²) in [5.74, 6) is 0.581. The van der Waals surface area contributed by atoms with E-state index >= 15 is 0 Å². The van der Waals surface area contributed by atoms with Crippen LogP contribution in [-0.4, -0.2) is 23.4 Å². The van der Waals surface area contributed by atoms with Gasteiger partial charge in [0.25, 0.3) is 0 Å². The molecule has 1 aromatic heterocycles. The van der Waals surface area contributed by atoms with E-state index in [-0.39, 0.29) is 0 Å². The predicted molar refractivity (Wildman–Crippen MR) is 68.0 cm³/mol. The molecule has 0 aliphatic carbocycles. The highest BCUT2D eigenvalue weighted by atomic mass is 35.5. The van der Waals surface area contributed by atoms with E-state index in [0.29, 0.717) is 11.3 Å². The van der Waals surface area contributed by atoms with Gasteiger partial charge < -0.3 is 0 Å². The summed E-state index contributed by atoms with van der Waals surface area (Å²) < 4.78 is 0.927. The van der Waals surface area contributed by atoms with Crippen molar-refractivity contribution in [2.45, 2.75) is 25.3 Å². The van der Waals surface area contributed by atoms with Gasteiger partial charge in [-0.25, -0.2) is 0 Å². The van der Waals surface area contributed by atoms with E-state index in [2.05, 4.69) is 23.3 Å². The molecule has 15 heavy (non-hydrogen) atoms. The summed E-state index contributed by atoms with van der Waals surface area (Å²) in [5.41, 5.74) is 1.25. The predicted octanol–water partition coefficient (Wildman–Crippen LogP) is 3.85. The highest BCUT2D eigenvalue weighted by Crippen LogP contribution is 2.27. The Morgan fingerprint density at radius 1 is 1.60 bits per heavy atom. The van der Waals surface area contributed by atoms with Crippen LogP contribution in [0.5, 0.6) is 0 Å². The Balaban J connectivity index is 1.94. The molecule has 0 radical (unpaired) electrons. The fourth-order valence-corrected chi connectivity index (χ4v) is 3.11. The molecule has 1 aliphatic heterocycles. The van der Waals surface area contributed by atoms with Crippen molar-refractivity contribution in [2.24, 2.45) is 5.92 Å². The normalized spacial score (nSPS) is 28.2. The van der Waals surface area contributed by atoms with Crippen LogP contribution >= 0.6 is 34.5 Å². The van der Waals surface area contributed by atoms with Crippen molar-refractivity contribution in [3.8, 4) is 0 Å². The highest BCUT2D eigenvalue weighted by Gasteiger charge is 2.24. The molecule has 2 unspecified atom stereocenters. The summed E-state index contributed by atoms with van der Waals surface area (Å²) in [6.45, 7) is 5.36. The number of likely N-dealkylation sites (tertiary alicyclic amines) is 1. The van der Waals surface area contributed by atoms with E-state index in [1.165, 1.54) is 5.56 Å². The van der Waals surface area contributed by atoms with E-state index in [0.717, 1.165) is 30.4 Å². The lowest BCUT2D eigenvalue weighted by Gasteiger charge is -2.33. The summed E-state index contributed by atoms with van der Waals surface area (Å²) >= 11 is 13.9. The van der Waals surface area contributed by atoms with Crippen molar-refractivity contribution < 1.29 is 0 Å². The third kappa shape index (κ3) is 2.88. The Morgan fingerprint density at radius 3 is 3.00 bits per heavy atom. The van der Waals surface area contributed by atoms with E-state index in [1.54, 1.807) is 11.3 Å². The Labute approximate surface area is 105 Å². The van der Waals surface area contributed by atoms with Crippen LogP contribution < -0.4 is 0 Å². The van der Waals surface area contributed by atoms with E-state index < -0.39 is 0 Å². The number of hydrogen-bond donors (Lipinski definition) is 0. The summed E-state index contributed by atoms with van der Waals surface area (Å²) in [7, 11) is 0. The SMILES string of the molecule is CC1CN(Cc2ccsc2Cl)CCC1Cl. The van der Waals surface area contributed by atoms with Crippen LogP contribution in [0.1, 0.15) is 18.9 Å². The van der Waals surface area contributed by atoms with E-state index in [4.69, 9.17) is 23.2 Å². The number of piperidine rings is 1. The molecule has 2 atom stereocenters. The average molecular weight is 264 g/mol. The molecule has 1 fully saturated rings. The molecule has 0 bridgehead atoms. The third-order valence-electron chi connectivity index (χ3n) is 2.97. The van der Waals surface area contributed by atoms with Gasteiger partial charge in [-0.3, -0.25) is 4.90 Å². The number of hydrogen-bond acceptors (Lipinski definition) is 2. The smallest absolute Gasteiger partial charge is 0.0973 e. The maximum Gasteiger partial charge on any atom is 0.0973 e. The first-order chi connectivity index (χ1) is 7.16. The first-order valence-corrected chi connectivity index (χ1v) is 6.94. The molecule has 1 nitrogen and oxygen atoms in total. The molecular weight excluding hydrogens is 249 g/mol. The minimum Gasteiger partial charge on any atom is -0.299 e. The summed E-state index contributed by atoms with van der Waals surface area (Å²) in [6.07, 6.45) is 1.09. The van der Waals surface area contributed by atoms with Crippen molar-refractivity contribution in [1.29, 1.82) is 0 Å². The molecule has 2 heterocycles. The van der Waals surface area contributed by atoms with Gasteiger partial charge in [-0.2, -0.15) is 0 Å². The summed E-state index contributed by atoms with van der Waals surface area (Å²) in [4.78, 5) is 2.44. The van der Waals surface area contributed by atoms with Crippen LogP contribution in [0.25, 0.3) is 0 Å². The standard InChI is InChI=1S/C11H15Cl2NS/c1-8-6-14(4-2-10(8)12)7-9-3-5-15-11(9)13/h3,5,8,10H,2,4,6-7H2,1H3. The third-order valence-corrected chi connectivity index (χ3v) is 4.87. The summed E-state index contributed by atoms with van der Waals surface area (Å²) in [6, 6.07) is 2.12. The Bertz CT molecular complexity index is 326. The fourth-order valence-electron chi connectivity index (χ4n) is 2.02. The average Bonchev–Trinajstić information content (AvgIpc) is 2.59. The quantitative estimate of drug-likeness (QED) is 0.733. The fraction of sp³-hybridized carbons (Fsp3) is 0.636. The number of thiophene rings is 1. The molecule has 0 N–H and O–H groups in total. The molecule has 0 saturated carbocycles. The zero-order valence-electron chi connectivity index (χ0n) is 8.75. The van der Waals surface area contributed by atoms with Gasteiger partial charge in [0.1, 0.15) is 0 Å². The lowest BCUT2D eigenvalue weighted by molar-refractivity contribution is 0.180. The maximum atomic E-state index is 6.19. The number of nitrogens with zero attached hydrogens (tertiary/aromatic N) is 1. The maximum absolute atomic E-state index is 6.19. The van der Waals surface area contributed by atoms with Crippen molar-refractivity contribution in [2.75, 3.05) is 13.1 Å². The highest BCUT2D eigenvalue weighted by molar-refractivity contribution is 7.14. The minimum atomic E-state index is 0.346. The van der Waals surface area contributed by atoms with Gasteiger partial charge in [0.2, 0.25) is 0 Å². The van der Waals surface area contributed by atoms with Crippen LogP contribution in [0.2, 0.25) is 4.34 Å².